The topological polar surface area (TPSA) is 47.1 Å². The number of nitrogens with zero attached hydrogens (tertiary/aromatic N) is 3. The molecule has 2 N–H and O–H groups in total. The predicted octanol–water partition coefficient (Wildman–Crippen LogP) is 1.99. The molecular weight excluding hydrogens is 224 g/mol. The first kappa shape index (κ1) is 13.6. The Morgan fingerprint density at radius 1 is 1.50 bits per heavy atom. The third kappa shape index (κ3) is 2.45. The lowest BCUT2D eigenvalue weighted by Gasteiger charge is -2.35. The Labute approximate surface area is 110 Å². The van der Waals surface area contributed by atoms with Crippen LogP contribution in [0.25, 0.3) is 0 Å². The molecule has 1 heterocycles. The Morgan fingerprint density at radius 2 is 2.17 bits per heavy atom. The van der Waals surface area contributed by atoms with Gasteiger partial charge in [0.25, 0.3) is 0 Å². The van der Waals surface area contributed by atoms with Crippen molar-refractivity contribution in [1.29, 1.82) is 0 Å². The van der Waals surface area contributed by atoms with E-state index in [4.69, 9.17) is 5.73 Å². The van der Waals surface area contributed by atoms with E-state index >= 15 is 0 Å². The predicted molar refractivity (Wildman–Crippen MR) is 74.4 cm³/mol. The van der Waals surface area contributed by atoms with Gasteiger partial charge in [-0.1, -0.05) is 19.8 Å². The summed E-state index contributed by atoms with van der Waals surface area (Å²) in [5.74, 6) is 0. The summed E-state index contributed by atoms with van der Waals surface area (Å²) in [5, 5.41) is 4.36. The maximum Gasteiger partial charge on any atom is 0.0540 e. The van der Waals surface area contributed by atoms with Gasteiger partial charge in [-0.15, -0.1) is 0 Å². The van der Waals surface area contributed by atoms with Crippen molar-refractivity contribution < 1.29 is 0 Å². The largest absolute Gasteiger partial charge is 0.329 e. The summed E-state index contributed by atoms with van der Waals surface area (Å²) in [6.45, 7) is 6.12. The average molecular weight is 250 g/mol. The number of likely N-dealkylation sites (N-methyl/N-ethyl adjacent to an activating group) is 1. The lowest BCUT2D eigenvalue weighted by atomic mass is 10.0. The highest BCUT2D eigenvalue weighted by molar-refractivity contribution is 5.21. The fraction of sp³-hybridized carbons (Fsp3) is 0.786. The smallest absolute Gasteiger partial charge is 0.0540 e. The zero-order valence-corrected chi connectivity index (χ0v) is 11.9. The average Bonchev–Trinajstić information content (AvgIpc) is 2.99. The molecule has 4 nitrogen and oxygen atoms in total. The molecule has 1 unspecified atom stereocenters. The van der Waals surface area contributed by atoms with Crippen molar-refractivity contribution in [3.05, 3.63) is 17.5 Å². The molecule has 18 heavy (non-hydrogen) atoms. The molecule has 0 radical (unpaired) electrons. The zero-order valence-electron chi connectivity index (χ0n) is 11.9. The quantitative estimate of drug-likeness (QED) is 0.869. The second kappa shape index (κ2) is 5.85. The number of hydrogen-bond acceptors (Lipinski definition) is 3. The summed E-state index contributed by atoms with van der Waals surface area (Å²) in [6.07, 6.45) is 7.37. The lowest BCUT2D eigenvalue weighted by molar-refractivity contribution is 0.146. The van der Waals surface area contributed by atoms with Crippen molar-refractivity contribution in [3.63, 3.8) is 0 Å². The van der Waals surface area contributed by atoms with E-state index in [-0.39, 0.29) is 0 Å². The molecule has 1 saturated carbocycles. The minimum atomic E-state index is 0.326. The van der Waals surface area contributed by atoms with Crippen LogP contribution in [0.1, 0.15) is 49.9 Å². The fourth-order valence-corrected chi connectivity index (χ4v) is 3.25. The molecule has 0 spiro atoms. The molecule has 1 aliphatic rings. The maximum atomic E-state index is 6.05. The Bertz CT molecular complexity index is 379. The van der Waals surface area contributed by atoms with Crippen molar-refractivity contribution in [1.82, 2.24) is 14.7 Å². The van der Waals surface area contributed by atoms with Gasteiger partial charge in [0, 0.05) is 30.9 Å². The standard InChI is InChI=1S/C14H26N4/c1-4-18(12-7-5-6-8-12)14(9-15)13-10-16-17(3)11(13)2/h10,12,14H,4-9,15H2,1-3H3. The van der Waals surface area contributed by atoms with E-state index in [9.17, 15) is 0 Å². The Morgan fingerprint density at radius 3 is 2.61 bits per heavy atom. The van der Waals surface area contributed by atoms with E-state index < -0.39 is 0 Å². The van der Waals surface area contributed by atoms with Crippen molar-refractivity contribution in [3.8, 4) is 0 Å². The first-order valence-electron chi connectivity index (χ1n) is 7.13. The first-order chi connectivity index (χ1) is 8.69. The molecule has 2 rings (SSSR count). The summed E-state index contributed by atoms with van der Waals surface area (Å²) in [4.78, 5) is 2.58. The molecule has 4 heteroatoms. The van der Waals surface area contributed by atoms with Crippen molar-refractivity contribution >= 4 is 0 Å². The van der Waals surface area contributed by atoms with Crippen LogP contribution < -0.4 is 5.73 Å². The van der Waals surface area contributed by atoms with Crippen LogP contribution in [-0.2, 0) is 7.05 Å². The van der Waals surface area contributed by atoms with Crippen LogP contribution in [-0.4, -0.2) is 33.8 Å². The van der Waals surface area contributed by atoms with Crippen molar-refractivity contribution in [2.45, 2.75) is 51.6 Å². The van der Waals surface area contributed by atoms with Gasteiger partial charge in [-0.2, -0.15) is 5.10 Å². The summed E-state index contributed by atoms with van der Waals surface area (Å²) < 4.78 is 1.94. The van der Waals surface area contributed by atoms with Crippen LogP contribution in [0.3, 0.4) is 0 Å². The molecular formula is C14H26N4. The summed E-state index contributed by atoms with van der Waals surface area (Å²) in [5.41, 5.74) is 8.59. The Kier molecular flexibility index (Phi) is 4.40. The molecule has 0 amide bonds. The Balaban J connectivity index is 2.22. The normalized spacial score (nSPS) is 18.7. The Hall–Kier alpha value is -0.870. The SMILES string of the molecule is CCN(C1CCCC1)C(CN)c1cnn(C)c1C. The van der Waals surface area contributed by atoms with Crippen LogP contribution >= 0.6 is 0 Å². The van der Waals surface area contributed by atoms with Gasteiger partial charge in [-0.25, -0.2) is 0 Å². The molecule has 1 aliphatic carbocycles. The molecule has 102 valence electrons. The van der Waals surface area contributed by atoms with Gasteiger partial charge >= 0.3 is 0 Å². The van der Waals surface area contributed by atoms with Crippen LogP contribution in [0, 0.1) is 6.92 Å². The lowest BCUT2D eigenvalue weighted by Crippen LogP contribution is -2.40. The summed E-state index contributed by atoms with van der Waals surface area (Å²) in [7, 11) is 2.00. The van der Waals surface area contributed by atoms with E-state index in [2.05, 4.69) is 23.8 Å². The van der Waals surface area contributed by atoms with E-state index in [0.29, 0.717) is 18.6 Å². The van der Waals surface area contributed by atoms with E-state index in [1.165, 1.54) is 36.9 Å². The molecule has 0 saturated heterocycles. The van der Waals surface area contributed by atoms with Crippen LogP contribution in [0.4, 0.5) is 0 Å². The first-order valence-corrected chi connectivity index (χ1v) is 7.13. The molecule has 1 aromatic rings. The second-order valence-corrected chi connectivity index (χ2v) is 5.33. The molecule has 1 atom stereocenters. The number of nitrogens with two attached hydrogens (primary N) is 1. The van der Waals surface area contributed by atoms with Gasteiger partial charge in [-0.3, -0.25) is 9.58 Å². The maximum absolute atomic E-state index is 6.05. The monoisotopic (exact) mass is 250 g/mol. The minimum Gasteiger partial charge on any atom is -0.329 e. The number of aryl methyl sites for hydroxylation is 1. The molecule has 1 aromatic heterocycles. The van der Waals surface area contributed by atoms with Gasteiger partial charge in [0.05, 0.1) is 12.2 Å². The van der Waals surface area contributed by atoms with Gasteiger partial charge in [0.1, 0.15) is 0 Å². The van der Waals surface area contributed by atoms with Gasteiger partial charge in [-0.05, 0) is 26.3 Å². The van der Waals surface area contributed by atoms with E-state index in [0.717, 1.165) is 6.54 Å². The summed E-state index contributed by atoms with van der Waals surface area (Å²) in [6, 6.07) is 1.04. The number of rotatable bonds is 5. The fourth-order valence-electron chi connectivity index (χ4n) is 3.25. The van der Waals surface area contributed by atoms with Gasteiger partial charge < -0.3 is 5.73 Å². The highest BCUT2D eigenvalue weighted by Gasteiger charge is 2.29. The van der Waals surface area contributed by atoms with Gasteiger partial charge in [0.2, 0.25) is 0 Å². The number of hydrogen-bond donors (Lipinski definition) is 1. The molecule has 1 fully saturated rings. The van der Waals surface area contributed by atoms with Crippen LogP contribution in [0.5, 0.6) is 0 Å². The molecule has 0 aromatic carbocycles. The van der Waals surface area contributed by atoms with Crippen LogP contribution in [0.15, 0.2) is 6.20 Å². The number of aromatic nitrogens is 2. The third-order valence-electron chi connectivity index (χ3n) is 4.41. The van der Waals surface area contributed by atoms with E-state index in [1.807, 2.05) is 17.9 Å². The van der Waals surface area contributed by atoms with Crippen molar-refractivity contribution in [2.75, 3.05) is 13.1 Å². The third-order valence-corrected chi connectivity index (χ3v) is 4.41. The van der Waals surface area contributed by atoms with E-state index in [1.54, 1.807) is 0 Å². The summed E-state index contributed by atoms with van der Waals surface area (Å²) >= 11 is 0. The van der Waals surface area contributed by atoms with Crippen molar-refractivity contribution in [2.24, 2.45) is 12.8 Å². The highest BCUT2D eigenvalue weighted by Crippen LogP contribution is 2.31. The second-order valence-electron chi connectivity index (χ2n) is 5.33. The highest BCUT2D eigenvalue weighted by atomic mass is 15.3. The minimum absolute atomic E-state index is 0.326. The van der Waals surface area contributed by atoms with Gasteiger partial charge in [0.15, 0.2) is 0 Å². The van der Waals surface area contributed by atoms with Crippen LogP contribution in [0.2, 0.25) is 0 Å². The zero-order chi connectivity index (χ0) is 13.1. The molecule has 0 bridgehead atoms. The molecule has 0 aliphatic heterocycles.